The summed E-state index contributed by atoms with van der Waals surface area (Å²) in [6, 6.07) is 0.421. The summed E-state index contributed by atoms with van der Waals surface area (Å²) >= 11 is 0. The van der Waals surface area contributed by atoms with Crippen molar-refractivity contribution in [1.29, 1.82) is 0 Å². The van der Waals surface area contributed by atoms with E-state index in [1.165, 1.54) is 0 Å². The minimum Gasteiger partial charge on any atom is -0.365 e. The van der Waals surface area contributed by atoms with Crippen LogP contribution in [-0.2, 0) is 4.74 Å². The first-order chi connectivity index (χ1) is 5.81. The molecule has 0 aliphatic rings. The zero-order chi connectivity index (χ0) is 9.23. The molecule has 4 heteroatoms. The lowest BCUT2D eigenvalue weighted by Gasteiger charge is -2.13. The fourth-order valence-corrected chi connectivity index (χ4v) is 0.816. The molecule has 74 valence electrons. The molecular weight excluding hydrogens is 154 g/mol. The first-order valence-corrected chi connectivity index (χ1v) is 4.53. The lowest BCUT2D eigenvalue weighted by molar-refractivity contribution is 0.101. The highest BCUT2D eigenvalue weighted by Crippen LogP contribution is 1.83. The van der Waals surface area contributed by atoms with E-state index < -0.39 is 0 Å². The van der Waals surface area contributed by atoms with E-state index in [1.54, 1.807) is 0 Å². The van der Waals surface area contributed by atoms with Gasteiger partial charge in [0, 0.05) is 12.7 Å². The Hall–Kier alpha value is -0.160. The van der Waals surface area contributed by atoms with Gasteiger partial charge >= 0.3 is 0 Å². The van der Waals surface area contributed by atoms with Crippen LogP contribution < -0.4 is 16.4 Å². The highest BCUT2D eigenvalue weighted by molar-refractivity contribution is 4.57. The van der Waals surface area contributed by atoms with Gasteiger partial charge in [0.1, 0.15) is 0 Å². The van der Waals surface area contributed by atoms with Crippen LogP contribution in [0.2, 0.25) is 0 Å². The molecule has 1 unspecified atom stereocenters. The number of nitrogens with one attached hydrogen (secondary N) is 2. The normalized spacial score (nSPS) is 13.2. The summed E-state index contributed by atoms with van der Waals surface area (Å²) in [5.74, 6) is 0. The van der Waals surface area contributed by atoms with Gasteiger partial charge < -0.3 is 15.8 Å². The fourth-order valence-electron chi connectivity index (χ4n) is 0.816. The van der Waals surface area contributed by atoms with Crippen LogP contribution in [0.1, 0.15) is 20.3 Å². The van der Waals surface area contributed by atoms with Crippen LogP contribution in [0.4, 0.5) is 0 Å². The van der Waals surface area contributed by atoms with Crippen LogP contribution in [0.25, 0.3) is 0 Å². The molecule has 0 aromatic rings. The van der Waals surface area contributed by atoms with E-state index >= 15 is 0 Å². The molecule has 0 aromatic carbocycles. The van der Waals surface area contributed by atoms with E-state index in [1.807, 2.05) is 0 Å². The lowest BCUT2D eigenvalue weighted by atomic mass is 10.3. The van der Waals surface area contributed by atoms with E-state index in [-0.39, 0.29) is 0 Å². The van der Waals surface area contributed by atoms with Crippen LogP contribution in [0, 0.1) is 0 Å². The molecular formula is C8H21N3O. The van der Waals surface area contributed by atoms with Gasteiger partial charge in [-0.05, 0) is 19.9 Å². The number of rotatable bonds is 8. The van der Waals surface area contributed by atoms with Gasteiger partial charge in [-0.2, -0.15) is 0 Å². The molecule has 0 spiro atoms. The van der Waals surface area contributed by atoms with Gasteiger partial charge in [0.2, 0.25) is 0 Å². The van der Waals surface area contributed by atoms with Gasteiger partial charge in [-0.3, -0.25) is 5.32 Å². The monoisotopic (exact) mass is 175 g/mol. The zero-order valence-electron chi connectivity index (χ0n) is 8.10. The van der Waals surface area contributed by atoms with E-state index in [9.17, 15) is 0 Å². The average Bonchev–Trinajstić information content (AvgIpc) is 2.09. The molecule has 0 aliphatic carbocycles. The van der Waals surface area contributed by atoms with E-state index in [0.717, 1.165) is 19.6 Å². The molecule has 0 bridgehead atoms. The molecule has 0 heterocycles. The molecule has 0 saturated heterocycles. The van der Waals surface area contributed by atoms with Gasteiger partial charge in [-0.15, -0.1) is 0 Å². The Morgan fingerprint density at radius 2 is 2.25 bits per heavy atom. The molecule has 4 nitrogen and oxygen atoms in total. The maximum absolute atomic E-state index is 5.28. The van der Waals surface area contributed by atoms with Gasteiger partial charge in [0.25, 0.3) is 0 Å². The molecule has 0 fully saturated rings. The van der Waals surface area contributed by atoms with Crippen molar-refractivity contribution >= 4 is 0 Å². The predicted octanol–water partition coefficient (Wildman–Crippen LogP) is -0.146. The van der Waals surface area contributed by atoms with Gasteiger partial charge in [-0.25, -0.2) is 0 Å². The Morgan fingerprint density at radius 1 is 1.50 bits per heavy atom. The molecule has 0 radical (unpaired) electrons. The highest BCUT2D eigenvalue weighted by Gasteiger charge is 1.98. The third kappa shape index (κ3) is 7.94. The Balaban J connectivity index is 3.02. The fraction of sp³-hybridized carbons (Fsp3) is 1.00. The summed E-state index contributed by atoms with van der Waals surface area (Å²) in [7, 11) is 0. The molecule has 0 saturated carbocycles. The van der Waals surface area contributed by atoms with Crippen molar-refractivity contribution in [3.8, 4) is 0 Å². The molecule has 1 atom stereocenters. The largest absolute Gasteiger partial charge is 0.365 e. The first kappa shape index (κ1) is 11.8. The van der Waals surface area contributed by atoms with Crippen molar-refractivity contribution in [2.24, 2.45) is 5.73 Å². The van der Waals surface area contributed by atoms with Crippen LogP contribution in [0.3, 0.4) is 0 Å². The van der Waals surface area contributed by atoms with E-state index in [0.29, 0.717) is 19.4 Å². The Morgan fingerprint density at radius 3 is 2.83 bits per heavy atom. The van der Waals surface area contributed by atoms with Crippen LogP contribution in [0.15, 0.2) is 0 Å². The standard InChI is InChI=1S/C8H21N3O/c1-3-4-11-8(2)5-12-7-10-6-9/h8,10-11H,3-7,9H2,1-2H3. The maximum Gasteiger partial charge on any atom is 0.0975 e. The summed E-state index contributed by atoms with van der Waals surface area (Å²) in [6.07, 6.45) is 1.16. The number of hydrogen-bond acceptors (Lipinski definition) is 4. The third-order valence-corrected chi connectivity index (χ3v) is 1.46. The summed E-state index contributed by atoms with van der Waals surface area (Å²) in [5, 5.41) is 6.21. The maximum atomic E-state index is 5.28. The van der Waals surface area contributed by atoms with Crippen molar-refractivity contribution in [2.75, 3.05) is 26.6 Å². The predicted molar refractivity (Wildman–Crippen MR) is 50.8 cm³/mol. The smallest absolute Gasteiger partial charge is 0.0975 e. The molecule has 4 N–H and O–H groups in total. The second kappa shape index (κ2) is 8.93. The van der Waals surface area contributed by atoms with Crippen LogP contribution >= 0.6 is 0 Å². The number of nitrogens with two attached hydrogens (primary N) is 1. The zero-order valence-corrected chi connectivity index (χ0v) is 8.10. The van der Waals surface area contributed by atoms with E-state index in [4.69, 9.17) is 10.5 Å². The van der Waals surface area contributed by atoms with Crippen molar-refractivity contribution in [3.63, 3.8) is 0 Å². The Kier molecular flexibility index (Phi) is 8.81. The Bertz CT molecular complexity index is 90.4. The molecule has 0 aliphatic heterocycles. The molecule has 0 rings (SSSR count). The minimum atomic E-state index is 0.421. The van der Waals surface area contributed by atoms with Crippen LogP contribution in [0.5, 0.6) is 0 Å². The van der Waals surface area contributed by atoms with Gasteiger partial charge in [-0.1, -0.05) is 6.92 Å². The summed E-state index contributed by atoms with van der Waals surface area (Å²) in [5.41, 5.74) is 5.22. The van der Waals surface area contributed by atoms with E-state index in [2.05, 4.69) is 24.5 Å². The summed E-state index contributed by atoms with van der Waals surface area (Å²) in [4.78, 5) is 0. The minimum absolute atomic E-state index is 0.421. The van der Waals surface area contributed by atoms with Gasteiger partial charge in [0.15, 0.2) is 0 Å². The van der Waals surface area contributed by atoms with Gasteiger partial charge in [0.05, 0.1) is 13.3 Å². The second-order valence-electron chi connectivity index (χ2n) is 2.82. The number of ether oxygens (including phenoxy) is 1. The average molecular weight is 175 g/mol. The quantitative estimate of drug-likeness (QED) is 0.355. The Labute approximate surface area is 74.8 Å². The van der Waals surface area contributed by atoms with Crippen LogP contribution in [-0.4, -0.2) is 32.6 Å². The van der Waals surface area contributed by atoms with Crippen molar-refractivity contribution in [3.05, 3.63) is 0 Å². The summed E-state index contributed by atoms with van der Waals surface area (Å²) in [6.45, 7) is 7.04. The second-order valence-corrected chi connectivity index (χ2v) is 2.82. The van der Waals surface area contributed by atoms with Crippen molar-refractivity contribution < 1.29 is 4.74 Å². The lowest BCUT2D eigenvalue weighted by Crippen LogP contribution is -2.33. The highest BCUT2D eigenvalue weighted by atomic mass is 16.5. The summed E-state index contributed by atoms with van der Waals surface area (Å²) < 4.78 is 5.28. The molecule has 12 heavy (non-hydrogen) atoms. The number of hydrogen-bond donors (Lipinski definition) is 3. The molecule has 0 aromatic heterocycles. The topological polar surface area (TPSA) is 59.3 Å². The third-order valence-electron chi connectivity index (χ3n) is 1.46. The first-order valence-electron chi connectivity index (χ1n) is 4.53. The van der Waals surface area contributed by atoms with Crippen molar-refractivity contribution in [2.45, 2.75) is 26.3 Å². The van der Waals surface area contributed by atoms with Crippen molar-refractivity contribution in [1.82, 2.24) is 10.6 Å². The SMILES string of the molecule is CCCNC(C)COCNCN. The molecule has 0 amide bonds.